The number of hydrogen-bond donors (Lipinski definition) is 2. The summed E-state index contributed by atoms with van der Waals surface area (Å²) >= 11 is 0. The van der Waals surface area contributed by atoms with Crippen molar-refractivity contribution in [1.82, 2.24) is 9.88 Å². The van der Waals surface area contributed by atoms with E-state index in [9.17, 15) is 9.59 Å². The van der Waals surface area contributed by atoms with Gasteiger partial charge < -0.3 is 15.2 Å². The fourth-order valence-electron chi connectivity index (χ4n) is 2.58. The first kappa shape index (κ1) is 13.8. The molecule has 1 aliphatic rings. The Morgan fingerprint density at radius 3 is 2.74 bits per heavy atom. The number of pyridine rings is 1. The summed E-state index contributed by atoms with van der Waals surface area (Å²) in [4.78, 5) is 23.9. The monoisotopic (exact) mass is 263 g/mol. The van der Waals surface area contributed by atoms with Crippen LogP contribution in [0.3, 0.4) is 0 Å². The molecule has 0 aromatic carbocycles. The van der Waals surface area contributed by atoms with Crippen LogP contribution in [0.15, 0.2) is 23.1 Å². The van der Waals surface area contributed by atoms with Gasteiger partial charge in [0.25, 0.3) is 0 Å². The van der Waals surface area contributed by atoms with E-state index in [0.717, 1.165) is 13.0 Å². The molecule has 2 rings (SSSR count). The van der Waals surface area contributed by atoms with Crippen LogP contribution in [0.5, 0.6) is 0 Å². The van der Waals surface area contributed by atoms with E-state index in [4.69, 9.17) is 0 Å². The van der Waals surface area contributed by atoms with Gasteiger partial charge in [-0.3, -0.25) is 9.59 Å². The largest absolute Gasteiger partial charge is 0.324 e. The van der Waals surface area contributed by atoms with Gasteiger partial charge in [0.2, 0.25) is 11.5 Å². The second kappa shape index (κ2) is 5.17. The van der Waals surface area contributed by atoms with E-state index in [0.29, 0.717) is 12.2 Å². The van der Waals surface area contributed by atoms with Crippen molar-refractivity contribution in [3.8, 4) is 0 Å². The lowest BCUT2D eigenvalue weighted by Gasteiger charge is -2.31. The molecule has 0 aliphatic carbocycles. The Morgan fingerprint density at radius 1 is 1.47 bits per heavy atom. The average molecular weight is 263 g/mol. The lowest BCUT2D eigenvalue weighted by atomic mass is 9.75. The highest BCUT2D eigenvalue weighted by atomic mass is 16.2. The maximum atomic E-state index is 12.5. The number of anilines is 1. The fourth-order valence-corrected chi connectivity index (χ4v) is 2.58. The quantitative estimate of drug-likeness (QED) is 0.854. The summed E-state index contributed by atoms with van der Waals surface area (Å²) in [5.41, 5.74) is 0.229. The summed E-state index contributed by atoms with van der Waals surface area (Å²) in [7, 11) is 1.67. The average Bonchev–Trinajstić information content (AvgIpc) is 2.84. The normalized spacial score (nSPS) is 22.7. The highest BCUT2D eigenvalue weighted by Crippen LogP contribution is 2.35. The van der Waals surface area contributed by atoms with Gasteiger partial charge in [-0.05, 0) is 24.9 Å². The van der Waals surface area contributed by atoms with Crippen LogP contribution in [0.25, 0.3) is 0 Å². The van der Waals surface area contributed by atoms with Crippen LogP contribution in [0.4, 0.5) is 5.69 Å². The number of aryl methyl sites for hydroxylation is 1. The summed E-state index contributed by atoms with van der Waals surface area (Å²) in [6.07, 6.45) is 2.50. The molecule has 1 fully saturated rings. The van der Waals surface area contributed by atoms with Gasteiger partial charge in [0.05, 0.1) is 11.1 Å². The molecule has 1 unspecified atom stereocenters. The number of rotatable bonds is 3. The zero-order valence-electron chi connectivity index (χ0n) is 11.7. The van der Waals surface area contributed by atoms with Crippen LogP contribution in [0, 0.1) is 11.3 Å². The first-order valence-electron chi connectivity index (χ1n) is 6.64. The molecule has 0 spiro atoms. The molecule has 2 N–H and O–H groups in total. The van der Waals surface area contributed by atoms with Crippen molar-refractivity contribution in [2.45, 2.75) is 20.3 Å². The molecular weight excluding hydrogens is 242 g/mol. The Morgan fingerprint density at radius 2 is 2.21 bits per heavy atom. The van der Waals surface area contributed by atoms with E-state index in [-0.39, 0.29) is 22.8 Å². The Kier molecular flexibility index (Phi) is 3.75. The van der Waals surface area contributed by atoms with E-state index in [1.54, 1.807) is 19.3 Å². The number of nitrogens with zero attached hydrogens (tertiary/aromatic N) is 1. The molecule has 1 aliphatic heterocycles. The lowest BCUT2D eigenvalue weighted by molar-refractivity contribution is -0.126. The van der Waals surface area contributed by atoms with Crippen LogP contribution in [0.1, 0.15) is 20.3 Å². The molecule has 0 saturated carbocycles. The second-order valence-corrected chi connectivity index (χ2v) is 5.56. The van der Waals surface area contributed by atoms with Crippen molar-refractivity contribution in [2.24, 2.45) is 18.4 Å². The van der Waals surface area contributed by atoms with Gasteiger partial charge in [0.15, 0.2) is 0 Å². The van der Waals surface area contributed by atoms with Crippen molar-refractivity contribution in [1.29, 1.82) is 0 Å². The summed E-state index contributed by atoms with van der Waals surface area (Å²) in [5.74, 6) is 0.307. The highest BCUT2D eigenvalue weighted by molar-refractivity contribution is 5.95. The summed E-state index contributed by atoms with van der Waals surface area (Å²) < 4.78 is 1.46. The molecule has 2 heterocycles. The standard InChI is InChI=1S/C14H21N3O2/c1-10(2)14(6-7-15-9-14)13(19)16-11-4-5-12(18)17(3)8-11/h4-5,8,10,15H,6-7,9H2,1-3H3,(H,16,19). The van der Waals surface area contributed by atoms with E-state index < -0.39 is 0 Å². The Hall–Kier alpha value is -1.62. The fraction of sp³-hybridized carbons (Fsp3) is 0.571. The summed E-state index contributed by atoms with van der Waals surface area (Å²) in [6.45, 7) is 5.74. The van der Waals surface area contributed by atoms with Crippen molar-refractivity contribution >= 4 is 11.6 Å². The van der Waals surface area contributed by atoms with Gasteiger partial charge in [-0.2, -0.15) is 0 Å². The number of carbonyl (C=O) groups is 1. The number of aromatic nitrogens is 1. The van der Waals surface area contributed by atoms with Crippen molar-refractivity contribution in [3.05, 3.63) is 28.7 Å². The highest BCUT2D eigenvalue weighted by Gasteiger charge is 2.43. The van der Waals surface area contributed by atoms with Crippen LogP contribution in [0.2, 0.25) is 0 Å². The van der Waals surface area contributed by atoms with Crippen LogP contribution < -0.4 is 16.2 Å². The molecule has 1 saturated heterocycles. The molecule has 1 aromatic heterocycles. The van der Waals surface area contributed by atoms with E-state index >= 15 is 0 Å². The molecular formula is C14H21N3O2. The first-order valence-corrected chi connectivity index (χ1v) is 6.64. The SMILES string of the molecule is CC(C)C1(C(=O)Nc2ccc(=O)n(C)c2)CCNC1. The predicted octanol–water partition coefficient (Wildman–Crippen LogP) is 0.960. The summed E-state index contributed by atoms with van der Waals surface area (Å²) in [5, 5.41) is 6.20. The van der Waals surface area contributed by atoms with Gasteiger partial charge >= 0.3 is 0 Å². The minimum Gasteiger partial charge on any atom is -0.324 e. The predicted molar refractivity (Wildman–Crippen MR) is 75.1 cm³/mol. The van der Waals surface area contributed by atoms with Gasteiger partial charge in [0.1, 0.15) is 0 Å². The third kappa shape index (κ3) is 2.56. The Bertz CT molecular complexity index is 528. The maximum Gasteiger partial charge on any atom is 0.250 e. The van der Waals surface area contributed by atoms with E-state index in [2.05, 4.69) is 24.5 Å². The van der Waals surface area contributed by atoms with Gasteiger partial charge in [0, 0.05) is 25.9 Å². The maximum absolute atomic E-state index is 12.5. The van der Waals surface area contributed by atoms with Crippen LogP contribution >= 0.6 is 0 Å². The third-order valence-corrected chi connectivity index (χ3v) is 4.09. The number of nitrogens with one attached hydrogen (secondary N) is 2. The Labute approximate surface area is 113 Å². The zero-order chi connectivity index (χ0) is 14.0. The third-order valence-electron chi connectivity index (χ3n) is 4.09. The second-order valence-electron chi connectivity index (χ2n) is 5.56. The zero-order valence-corrected chi connectivity index (χ0v) is 11.7. The minimum atomic E-state index is -0.352. The van der Waals surface area contributed by atoms with Crippen LogP contribution in [-0.2, 0) is 11.8 Å². The smallest absolute Gasteiger partial charge is 0.250 e. The van der Waals surface area contributed by atoms with Crippen molar-refractivity contribution in [2.75, 3.05) is 18.4 Å². The molecule has 5 nitrogen and oxygen atoms in total. The molecule has 1 amide bonds. The van der Waals surface area contributed by atoms with E-state index in [1.807, 2.05) is 0 Å². The first-order chi connectivity index (χ1) is 8.95. The molecule has 1 aromatic rings. The number of hydrogen-bond acceptors (Lipinski definition) is 3. The molecule has 104 valence electrons. The lowest BCUT2D eigenvalue weighted by Crippen LogP contribution is -2.42. The molecule has 0 bridgehead atoms. The number of amides is 1. The Balaban J connectivity index is 2.20. The molecule has 1 atom stereocenters. The molecule has 0 radical (unpaired) electrons. The molecule has 5 heteroatoms. The van der Waals surface area contributed by atoms with E-state index in [1.165, 1.54) is 10.6 Å². The molecule has 19 heavy (non-hydrogen) atoms. The number of carbonyl (C=O) groups excluding carboxylic acids is 1. The van der Waals surface area contributed by atoms with Crippen molar-refractivity contribution < 1.29 is 4.79 Å². The summed E-state index contributed by atoms with van der Waals surface area (Å²) in [6, 6.07) is 3.11. The topological polar surface area (TPSA) is 63.1 Å². The van der Waals surface area contributed by atoms with Gasteiger partial charge in [-0.15, -0.1) is 0 Å². The van der Waals surface area contributed by atoms with Crippen LogP contribution in [-0.4, -0.2) is 23.6 Å². The minimum absolute atomic E-state index is 0.0335. The van der Waals surface area contributed by atoms with Gasteiger partial charge in [-0.1, -0.05) is 13.8 Å². The van der Waals surface area contributed by atoms with Crippen molar-refractivity contribution in [3.63, 3.8) is 0 Å². The van der Waals surface area contributed by atoms with Gasteiger partial charge in [-0.25, -0.2) is 0 Å².